The van der Waals surface area contributed by atoms with Crippen LogP contribution in [0.4, 0.5) is 5.69 Å². The number of aryl methyl sites for hydroxylation is 2. The van der Waals surface area contributed by atoms with E-state index in [0.717, 1.165) is 24.2 Å². The molecule has 2 N–H and O–H groups in total. The summed E-state index contributed by atoms with van der Waals surface area (Å²) < 4.78 is 0. The van der Waals surface area contributed by atoms with Gasteiger partial charge in [0, 0.05) is 18.3 Å². The van der Waals surface area contributed by atoms with E-state index < -0.39 is 6.04 Å². The Morgan fingerprint density at radius 2 is 2.16 bits per heavy atom. The van der Waals surface area contributed by atoms with E-state index in [1.807, 2.05) is 30.9 Å². The summed E-state index contributed by atoms with van der Waals surface area (Å²) in [6.45, 7) is 6.71. The number of amides is 1. The maximum Gasteiger partial charge on any atom is 0.245 e. The van der Waals surface area contributed by atoms with Crippen LogP contribution in [0.2, 0.25) is 0 Å². The first-order valence-electron chi connectivity index (χ1n) is 6.78. The normalized spacial score (nSPS) is 24.0. The van der Waals surface area contributed by atoms with Gasteiger partial charge in [0.1, 0.15) is 6.04 Å². The molecule has 1 aliphatic rings. The van der Waals surface area contributed by atoms with E-state index in [1.165, 1.54) is 5.56 Å². The molecule has 2 unspecified atom stereocenters. The molecule has 4 nitrogen and oxygen atoms in total. The van der Waals surface area contributed by atoms with Gasteiger partial charge in [0.25, 0.3) is 0 Å². The molecule has 1 heterocycles. The van der Waals surface area contributed by atoms with Crippen molar-refractivity contribution >= 4 is 11.6 Å². The molecule has 1 aromatic rings. The summed E-state index contributed by atoms with van der Waals surface area (Å²) in [6.07, 6.45) is 0.884. The minimum absolute atomic E-state index is 0.0903. The van der Waals surface area contributed by atoms with Crippen molar-refractivity contribution in [2.45, 2.75) is 39.3 Å². The topological polar surface area (TPSA) is 52.6 Å². The molecule has 1 saturated heterocycles. The summed E-state index contributed by atoms with van der Waals surface area (Å²) in [5, 5.41) is 12.5. The maximum atomic E-state index is 12.1. The summed E-state index contributed by atoms with van der Waals surface area (Å²) in [4.78, 5) is 14.1. The molecule has 0 spiro atoms. The second-order valence-corrected chi connectivity index (χ2v) is 5.38. The van der Waals surface area contributed by atoms with Gasteiger partial charge in [0.2, 0.25) is 5.91 Å². The number of carbonyl (C=O) groups excluding carboxylic acids is 1. The zero-order valence-electron chi connectivity index (χ0n) is 11.8. The molecule has 4 heteroatoms. The fourth-order valence-corrected chi connectivity index (χ4v) is 2.64. The predicted octanol–water partition coefficient (Wildman–Crippen LogP) is 1.38. The molecule has 2 rings (SSSR count). The number of anilines is 1. The lowest BCUT2D eigenvalue weighted by atomic mass is 10.1. The maximum absolute atomic E-state index is 12.1. The van der Waals surface area contributed by atoms with Gasteiger partial charge in [0.05, 0.1) is 6.61 Å². The van der Waals surface area contributed by atoms with Crippen LogP contribution in [0.3, 0.4) is 0 Å². The lowest BCUT2D eigenvalue weighted by Gasteiger charge is -2.30. The number of aliphatic hydroxyl groups excluding tert-OH is 1. The Morgan fingerprint density at radius 1 is 1.42 bits per heavy atom. The third kappa shape index (κ3) is 2.89. The van der Waals surface area contributed by atoms with Gasteiger partial charge in [-0.05, 0) is 38.8 Å². The molecule has 0 aliphatic carbocycles. The van der Waals surface area contributed by atoms with E-state index in [0.29, 0.717) is 0 Å². The van der Waals surface area contributed by atoms with Crippen LogP contribution in [0.15, 0.2) is 18.2 Å². The first kappa shape index (κ1) is 13.9. The molecule has 1 aromatic carbocycles. The van der Waals surface area contributed by atoms with E-state index in [2.05, 4.69) is 18.3 Å². The van der Waals surface area contributed by atoms with E-state index in [4.69, 9.17) is 0 Å². The van der Waals surface area contributed by atoms with Crippen LogP contribution in [0.1, 0.15) is 24.5 Å². The summed E-state index contributed by atoms with van der Waals surface area (Å²) in [6, 6.07) is 5.85. The Balaban J connectivity index is 2.36. The first-order chi connectivity index (χ1) is 9.02. The minimum Gasteiger partial charge on any atom is -0.394 e. The number of aliphatic hydroxyl groups is 1. The lowest BCUT2D eigenvalue weighted by molar-refractivity contribution is -0.123. The Morgan fingerprint density at radius 3 is 2.79 bits per heavy atom. The van der Waals surface area contributed by atoms with Crippen molar-refractivity contribution in [3.05, 3.63) is 29.3 Å². The van der Waals surface area contributed by atoms with Gasteiger partial charge in [-0.3, -0.25) is 4.79 Å². The van der Waals surface area contributed by atoms with Crippen molar-refractivity contribution in [3.63, 3.8) is 0 Å². The van der Waals surface area contributed by atoms with Crippen molar-refractivity contribution in [2.75, 3.05) is 18.1 Å². The third-order valence-corrected chi connectivity index (χ3v) is 3.71. The molecular formula is C15H22N2O2. The highest BCUT2D eigenvalue weighted by atomic mass is 16.3. The first-order valence-corrected chi connectivity index (χ1v) is 6.78. The lowest BCUT2D eigenvalue weighted by Crippen LogP contribution is -2.47. The van der Waals surface area contributed by atoms with Crippen LogP contribution < -0.4 is 10.2 Å². The van der Waals surface area contributed by atoms with Crippen molar-refractivity contribution in [3.8, 4) is 0 Å². The van der Waals surface area contributed by atoms with E-state index >= 15 is 0 Å². The van der Waals surface area contributed by atoms with Crippen LogP contribution in [-0.4, -0.2) is 36.2 Å². The number of nitrogens with one attached hydrogen (secondary N) is 1. The van der Waals surface area contributed by atoms with Gasteiger partial charge >= 0.3 is 0 Å². The molecule has 104 valence electrons. The number of hydrogen-bond donors (Lipinski definition) is 2. The second kappa shape index (κ2) is 5.61. The number of benzene rings is 1. The number of rotatable bonds is 2. The number of nitrogens with zero attached hydrogens (tertiary/aromatic N) is 1. The van der Waals surface area contributed by atoms with Crippen LogP contribution in [-0.2, 0) is 4.79 Å². The minimum atomic E-state index is -0.494. The van der Waals surface area contributed by atoms with Gasteiger partial charge in [0.15, 0.2) is 0 Å². The number of hydrogen-bond acceptors (Lipinski definition) is 3. The fraction of sp³-hybridized carbons (Fsp3) is 0.533. The van der Waals surface area contributed by atoms with Crippen LogP contribution >= 0.6 is 0 Å². The van der Waals surface area contributed by atoms with E-state index in [9.17, 15) is 9.90 Å². The monoisotopic (exact) mass is 262 g/mol. The molecule has 1 fully saturated rings. The number of carbonyl (C=O) groups is 1. The molecule has 1 aliphatic heterocycles. The second-order valence-electron chi connectivity index (χ2n) is 5.38. The molecule has 0 aromatic heterocycles. The van der Waals surface area contributed by atoms with Crippen molar-refractivity contribution in [1.29, 1.82) is 0 Å². The molecule has 19 heavy (non-hydrogen) atoms. The summed E-state index contributed by atoms with van der Waals surface area (Å²) in [7, 11) is 0. The average molecular weight is 262 g/mol. The third-order valence-electron chi connectivity index (χ3n) is 3.71. The molecule has 1 amide bonds. The zero-order valence-corrected chi connectivity index (χ0v) is 11.8. The largest absolute Gasteiger partial charge is 0.394 e. The summed E-state index contributed by atoms with van der Waals surface area (Å²) >= 11 is 0. The van der Waals surface area contributed by atoms with Gasteiger partial charge in [-0.15, -0.1) is 0 Å². The average Bonchev–Trinajstić information content (AvgIpc) is 2.48. The molecular weight excluding hydrogens is 240 g/mol. The summed E-state index contributed by atoms with van der Waals surface area (Å²) in [5.74, 6) is -0.0903. The standard InChI is InChI=1S/C15H22N2O2/c1-10-4-5-13(11(2)8-10)17-7-6-12(3)16-15(19)14(17)9-18/h4-5,8,12,14,18H,6-7,9H2,1-3H3,(H,16,19). The SMILES string of the molecule is Cc1ccc(N2CCC(C)NC(=O)C2CO)c(C)c1. The van der Waals surface area contributed by atoms with Crippen molar-refractivity contribution < 1.29 is 9.90 Å². The smallest absolute Gasteiger partial charge is 0.245 e. The predicted molar refractivity (Wildman–Crippen MR) is 76.4 cm³/mol. The van der Waals surface area contributed by atoms with Crippen molar-refractivity contribution in [1.82, 2.24) is 5.32 Å². The van der Waals surface area contributed by atoms with Gasteiger partial charge < -0.3 is 15.3 Å². The summed E-state index contributed by atoms with van der Waals surface area (Å²) in [5.41, 5.74) is 3.38. The van der Waals surface area contributed by atoms with E-state index in [-0.39, 0.29) is 18.6 Å². The highest BCUT2D eigenvalue weighted by molar-refractivity contribution is 5.86. The Hall–Kier alpha value is -1.55. The molecule has 2 atom stereocenters. The molecule has 0 bridgehead atoms. The molecule has 0 radical (unpaired) electrons. The fourth-order valence-electron chi connectivity index (χ4n) is 2.64. The Kier molecular flexibility index (Phi) is 4.10. The highest BCUT2D eigenvalue weighted by Gasteiger charge is 2.30. The van der Waals surface area contributed by atoms with E-state index in [1.54, 1.807) is 0 Å². The van der Waals surface area contributed by atoms with Crippen LogP contribution in [0.25, 0.3) is 0 Å². The molecule has 0 saturated carbocycles. The zero-order chi connectivity index (χ0) is 14.0. The van der Waals surface area contributed by atoms with Gasteiger partial charge in [-0.2, -0.15) is 0 Å². The highest BCUT2D eigenvalue weighted by Crippen LogP contribution is 2.25. The van der Waals surface area contributed by atoms with Crippen molar-refractivity contribution in [2.24, 2.45) is 0 Å². The van der Waals surface area contributed by atoms with Crippen LogP contribution in [0.5, 0.6) is 0 Å². The quantitative estimate of drug-likeness (QED) is 0.846. The van der Waals surface area contributed by atoms with Gasteiger partial charge in [-0.25, -0.2) is 0 Å². The Labute approximate surface area is 114 Å². The Bertz CT molecular complexity index is 473. The van der Waals surface area contributed by atoms with Gasteiger partial charge in [-0.1, -0.05) is 17.7 Å². The van der Waals surface area contributed by atoms with Crippen LogP contribution in [0, 0.1) is 13.8 Å².